The van der Waals surface area contributed by atoms with Crippen molar-refractivity contribution >= 4 is 23.3 Å². The lowest BCUT2D eigenvalue weighted by atomic mass is 10.0. The Balaban J connectivity index is 1.55. The zero-order valence-electron chi connectivity index (χ0n) is 20.6. The number of aliphatic imine (C=N–C) groups is 1. The van der Waals surface area contributed by atoms with E-state index in [-0.39, 0.29) is 18.0 Å². The van der Waals surface area contributed by atoms with Crippen molar-refractivity contribution in [3.8, 4) is 0 Å². The highest BCUT2D eigenvalue weighted by atomic mass is 19.1. The maximum atomic E-state index is 15.2. The van der Waals surface area contributed by atoms with Crippen molar-refractivity contribution in [3.63, 3.8) is 0 Å². The molecular weight excluding hydrogens is 443 g/mol. The molecule has 0 aliphatic carbocycles. The van der Waals surface area contributed by atoms with Gasteiger partial charge in [-0.15, -0.1) is 0 Å². The molecular formula is C28H31FN4O2. The summed E-state index contributed by atoms with van der Waals surface area (Å²) in [6.07, 6.45) is 1.32. The van der Waals surface area contributed by atoms with Crippen molar-refractivity contribution < 1.29 is 13.9 Å². The minimum Gasteiger partial charge on any atom is -0.444 e. The van der Waals surface area contributed by atoms with Gasteiger partial charge < -0.3 is 14.5 Å². The normalized spacial score (nSPS) is 16.1. The maximum Gasteiger partial charge on any atom is 0.410 e. The highest BCUT2D eigenvalue weighted by Crippen LogP contribution is 2.26. The number of carbonyl (C=O) groups excluding carboxylic acids is 1. The summed E-state index contributed by atoms with van der Waals surface area (Å²) in [4.78, 5) is 25.2. The molecule has 4 rings (SSSR count). The molecule has 0 spiro atoms. The molecule has 0 N–H and O–H groups in total. The monoisotopic (exact) mass is 474 g/mol. The number of carbonyl (C=O) groups is 1. The summed E-state index contributed by atoms with van der Waals surface area (Å²) in [5.74, 6) is -0.453. The molecule has 1 atom stereocenters. The van der Waals surface area contributed by atoms with E-state index in [1.807, 2.05) is 93.3 Å². The Morgan fingerprint density at radius 2 is 1.63 bits per heavy atom. The van der Waals surface area contributed by atoms with Crippen LogP contribution in [0.3, 0.4) is 0 Å². The number of piperazine rings is 1. The van der Waals surface area contributed by atoms with Crippen LogP contribution in [0.1, 0.15) is 38.8 Å². The number of hydrogen-bond acceptors (Lipinski definition) is 5. The molecule has 2 heterocycles. The first-order valence-electron chi connectivity index (χ1n) is 11.8. The summed E-state index contributed by atoms with van der Waals surface area (Å²) in [5, 5.41) is 0. The number of halogens is 1. The van der Waals surface area contributed by atoms with Gasteiger partial charge in [0.25, 0.3) is 0 Å². The maximum absolute atomic E-state index is 15.2. The Labute approximate surface area is 206 Å². The number of aromatic nitrogens is 1. The van der Waals surface area contributed by atoms with Gasteiger partial charge in [-0.3, -0.25) is 0 Å². The molecule has 0 bridgehead atoms. The number of amides is 1. The van der Waals surface area contributed by atoms with Gasteiger partial charge in [0.15, 0.2) is 11.6 Å². The van der Waals surface area contributed by atoms with E-state index in [2.05, 4.69) is 9.98 Å². The van der Waals surface area contributed by atoms with Crippen molar-refractivity contribution in [1.29, 1.82) is 0 Å². The second-order valence-corrected chi connectivity index (χ2v) is 9.66. The SMILES string of the molecule is CC1CN(c2cnc(N=C(c3ccccc3)c3ccccc3)c(F)c2)CCN1C(=O)OC(C)(C)C. The number of nitrogens with zero attached hydrogens (tertiary/aromatic N) is 4. The van der Waals surface area contributed by atoms with E-state index in [0.717, 1.165) is 11.1 Å². The van der Waals surface area contributed by atoms with Gasteiger partial charge in [0.05, 0.1) is 17.6 Å². The smallest absolute Gasteiger partial charge is 0.410 e. The van der Waals surface area contributed by atoms with Crippen LogP contribution in [0.4, 0.5) is 20.7 Å². The molecule has 1 amide bonds. The van der Waals surface area contributed by atoms with Gasteiger partial charge in [-0.25, -0.2) is 19.2 Å². The third-order valence-electron chi connectivity index (χ3n) is 5.74. The van der Waals surface area contributed by atoms with Gasteiger partial charge in [0, 0.05) is 42.9 Å². The molecule has 1 unspecified atom stereocenters. The van der Waals surface area contributed by atoms with Crippen molar-refractivity contribution in [2.75, 3.05) is 24.5 Å². The van der Waals surface area contributed by atoms with Crippen molar-refractivity contribution in [3.05, 3.63) is 89.9 Å². The molecule has 35 heavy (non-hydrogen) atoms. The van der Waals surface area contributed by atoms with Gasteiger partial charge in [0.2, 0.25) is 0 Å². The van der Waals surface area contributed by atoms with E-state index in [9.17, 15) is 4.79 Å². The zero-order chi connectivity index (χ0) is 25.0. The third kappa shape index (κ3) is 6.04. The third-order valence-corrected chi connectivity index (χ3v) is 5.74. The Morgan fingerprint density at radius 3 is 2.14 bits per heavy atom. The molecule has 3 aromatic rings. The van der Waals surface area contributed by atoms with Crippen LogP contribution in [-0.2, 0) is 4.74 Å². The lowest BCUT2D eigenvalue weighted by Gasteiger charge is -2.41. The number of hydrogen-bond donors (Lipinski definition) is 0. The number of ether oxygens (including phenoxy) is 1. The first kappa shape index (κ1) is 24.4. The molecule has 1 aliphatic heterocycles. The Kier molecular flexibility index (Phi) is 7.15. The number of anilines is 1. The van der Waals surface area contributed by atoms with E-state index in [1.165, 1.54) is 6.07 Å². The molecule has 182 valence electrons. The second kappa shape index (κ2) is 10.3. The first-order chi connectivity index (χ1) is 16.7. The molecule has 7 heteroatoms. The van der Waals surface area contributed by atoms with Crippen molar-refractivity contribution in [2.45, 2.75) is 39.3 Å². The summed E-state index contributed by atoms with van der Waals surface area (Å²) in [6.45, 7) is 9.13. The van der Waals surface area contributed by atoms with Crippen LogP contribution >= 0.6 is 0 Å². The fourth-order valence-corrected chi connectivity index (χ4v) is 4.05. The van der Waals surface area contributed by atoms with Crippen LogP contribution in [0.5, 0.6) is 0 Å². The average molecular weight is 475 g/mol. The highest BCUT2D eigenvalue weighted by Gasteiger charge is 2.31. The summed E-state index contributed by atoms with van der Waals surface area (Å²) >= 11 is 0. The summed E-state index contributed by atoms with van der Waals surface area (Å²) in [7, 11) is 0. The van der Waals surface area contributed by atoms with E-state index >= 15 is 4.39 Å². The van der Waals surface area contributed by atoms with E-state index in [0.29, 0.717) is 31.0 Å². The zero-order valence-corrected chi connectivity index (χ0v) is 20.6. The fraction of sp³-hybridized carbons (Fsp3) is 0.321. The molecule has 1 saturated heterocycles. The molecule has 6 nitrogen and oxygen atoms in total. The molecule has 1 aliphatic rings. The minimum atomic E-state index is -0.546. The highest BCUT2D eigenvalue weighted by molar-refractivity contribution is 6.13. The average Bonchev–Trinajstić information content (AvgIpc) is 2.83. The summed E-state index contributed by atoms with van der Waals surface area (Å²) in [5.41, 5.74) is 2.55. The molecule has 2 aromatic carbocycles. The lowest BCUT2D eigenvalue weighted by molar-refractivity contribution is 0.0159. The van der Waals surface area contributed by atoms with E-state index < -0.39 is 11.4 Å². The van der Waals surface area contributed by atoms with Gasteiger partial charge in [0.1, 0.15) is 5.60 Å². The standard InChI is InChI=1S/C28H31FN4O2/c1-20-19-32(15-16-33(20)27(34)35-28(2,3)4)23-17-24(29)26(30-18-23)31-25(21-11-7-5-8-12-21)22-13-9-6-10-14-22/h5-14,17-18,20H,15-16,19H2,1-4H3. The van der Waals surface area contributed by atoms with Gasteiger partial charge in [-0.2, -0.15) is 0 Å². The molecule has 0 radical (unpaired) electrons. The quantitative estimate of drug-likeness (QED) is 0.446. The van der Waals surface area contributed by atoms with Crippen LogP contribution in [0.25, 0.3) is 0 Å². The number of rotatable bonds is 4. The lowest BCUT2D eigenvalue weighted by Crippen LogP contribution is -2.55. The van der Waals surface area contributed by atoms with Crippen molar-refractivity contribution in [2.24, 2.45) is 4.99 Å². The van der Waals surface area contributed by atoms with Gasteiger partial charge in [-0.05, 0) is 27.7 Å². The second-order valence-electron chi connectivity index (χ2n) is 9.66. The summed E-state index contributed by atoms with van der Waals surface area (Å²) < 4.78 is 20.7. The largest absolute Gasteiger partial charge is 0.444 e. The fourth-order valence-electron chi connectivity index (χ4n) is 4.05. The predicted octanol–water partition coefficient (Wildman–Crippen LogP) is 5.84. The minimum absolute atomic E-state index is 0.0388. The van der Waals surface area contributed by atoms with E-state index in [4.69, 9.17) is 4.74 Å². The van der Waals surface area contributed by atoms with Crippen LogP contribution < -0.4 is 4.90 Å². The van der Waals surface area contributed by atoms with E-state index in [1.54, 1.807) is 11.1 Å². The van der Waals surface area contributed by atoms with Crippen molar-refractivity contribution in [1.82, 2.24) is 9.88 Å². The van der Waals surface area contributed by atoms with Crippen LogP contribution in [0.15, 0.2) is 77.9 Å². The molecule has 1 fully saturated rings. The Bertz CT molecular complexity index is 1150. The number of pyridine rings is 1. The van der Waals surface area contributed by atoms with Gasteiger partial charge in [-0.1, -0.05) is 60.7 Å². The molecule has 0 saturated carbocycles. The number of benzene rings is 2. The summed E-state index contributed by atoms with van der Waals surface area (Å²) in [6, 6.07) is 20.8. The van der Waals surface area contributed by atoms with Crippen LogP contribution in [-0.4, -0.2) is 53.0 Å². The Morgan fingerprint density at radius 1 is 1.03 bits per heavy atom. The first-order valence-corrected chi connectivity index (χ1v) is 11.8. The predicted molar refractivity (Wildman–Crippen MR) is 137 cm³/mol. The van der Waals surface area contributed by atoms with Crippen LogP contribution in [0, 0.1) is 5.82 Å². The topological polar surface area (TPSA) is 58.0 Å². The Hall–Kier alpha value is -3.74. The van der Waals surface area contributed by atoms with Crippen LogP contribution in [0.2, 0.25) is 0 Å². The molecule has 1 aromatic heterocycles. The van der Waals surface area contributed by atoms with Gasteiger partial charge >= 0.3 is 6.09 Å².